The van der Waals surface area contributed by atoms with Gasteiger partial charge >= 0.3 is 0 Å². The number of hydrogen-bond acceptors (Lipinski definition) is 5. The molecule has 0 amide bonds. The summed E-state index contributed by atoms with van der Waals surface area (Å²) in [6, 6.07) is 0. The van der Waals surface area contributed by atoms with Gasteiger partial charge in [-0.05, 0) is 19.3 Å². The minimum Gasteiger partial charge on any atom is -0.339 e. The van der Waals surface area contributed by atoms with E-state index < -0.39 is 16.1 Å². The summed E-state index contributed by atoms with van der Waals surface area (Å²) in [4.78, 5) is 4.29. The van der Waals surface area contributed by atoms with E-state index in [1.54, 1.807) is 0 Å². The molecule has 10 heteroatoms. The highest BCUT2D eigenvalue weighted by Crippen LogP contribution is 2.43. The highest BCUT2D eigenvalue weighted by molar-refractivity contribution is 7.87. The molecule has 130 valence electrons. The van der Waals surface area contributed by atoms with Crippen LogP contribution in [0.25, 0.3) is 0 Å². The van der Waals surface area contributed by atoms with Gasteiger partial charge in [-0.25, -0.2) is 13.5 Å². The Balaban J connectivity index is 1.62. The zero-order valence-electron chi connectivity index (χ0n) is 12.8. The lowest BCUT2D eigenvalue weighted by Gasteiger charge is -2.28. The predicted octanol–water partition coefficient (Wildman–Crippen LogP) is 1.62. The summed E-state index contributed by atoms with van der Waals surface area (Å²) in [5.41, 5.74) is 0. The Morgan fingerprint density at radius 2 is 1.96 bits per heavy atom. The summed E-state index contributed by atoms with van der Waals surface area (Å²) in [5, 5.41) is 3.86. The average Bonchev–Trinajstić information content (AvgIpc) is 3.14. The number of aromatic nitrogens is 2. The molecule has 1 aromatic heterocycles. The zero-order valence-corrected chi connectivity index (χ0v) is 13.7. The molecule has 1 unspecified atom stereocenters. The van der Waals surface area contributed by atoms with Gasteiger partial charge in [-0.15, -0.1) is 0 Å². The number of alkyl halides is 2. The van der Waals surface area contributed by atoms with Crippen molar-refractivity contribution in [1.29, 1.82) is 0 Å². The maximum atomic E-state index is 13.3. The van der Waals surface area contributed by atoms with Gasteiger partial charge < -0.3 is 4.52 Å². The maximum Gasteiger partial charge on any atom is 0.279 e. The Morgan fingerprint density at radius 3 is 2.52 bits per heavy atom. The highest BCUT2D eigenvalue weighted by atomic mass is 32.2. The molecule has 0 radical (unpaired) electrons. The molecule has 1 saturated heterocycles. The summed E-state index contributed by atoms with van der Waals surface area (Å²) in [6.45, 7) is 0.736. The number of rotatable bonds is 4. The first kappa shape index (κ1) is 16.7. The SMILES string of the molecule is CNS(=O)(=O)N1CCC(c2nc(C3CCC(F)(F)C3)no2)CC1. The van der Waals surface area contributed by atoms with Crippen molar-refractivity contribution in [3.63, 3.8) is 0 Å². The Labute approximate surface area is 133 Å². The Kier molecular flexibility index (Phi) is 4.41. The molecule has 1 aliphatic carbocycles. The van der Waals surface area contributed by atoms with Crippen LogP contribution in [0.3, 0.4) is 0 Å². The summed E-state index contributed by atoms with van der Waals surface area (Å²) >= 11 is 0. The van der Waals surface area contributed by atoms with Gasteiger partial charge in [0.1, 0.15) is 0 Å². The molecule has 2 aliphatic rings. The topological polar surface area (TPSA) is 88.3 Å². The number of piperidine rings is 1. The number of nitrogens with one attached hydrogen (secondary N) is 1. The van der Waals surface area contributed by atoms with Crippen LogP contribution in [0.2, 0.25) is 0 Å². The third kappa shape index (κ3) is 3.53. The summed E-state index contributed by atoms with van der Waals surface area (Å²) in [7, 11) is -2.04. The second-order valence-corrected chi connectivity index (χ2v) is 8.04. The van der Waals surface area contributed by atoms with E-state index in [-0.39, 0.29) is 24.7 Å². The average molecular weight is 350 g/mol. The van der Waals surface area contributed by atoms with Gasteiger partial charge in [-0.1, -0.05) is 5.16 Å². The molecule has 1 aromatic rings. The molecule has 2 heterocycles. The van der Waals surface area contributed by atoms with Crippen molar-refractivity contribution in [2.75, 3.05) is 20.1 Å². The van der Waals surface area contributed by atoms with E-state index >= 15 is 0 Å². The van der Waals surface area contributed by atoms with Gasteiger partial charge in [0.05, 0.1) is 0 Å². The third-order valence-electron chi connectivity index (χ3n) is 4.63. The fourth-order valence-corrected chi connectivity index (χ4v) is 4.17. The van der Waals surface area contributed by atoms with Crippen LogP contribution in [-0.2, 0) is 10.2 Å². The molecule has 0 spiro atoms. The van der Waals surface area contributed by atoms with Gasteiger partial charge in [0, 0.05) is 44.8 Å². The molecule has 7 nitrogen and oxygen atoms in total. The maximum absolute atomic E-state index is 13.3. The third-order valence-corrected chi connectivity index (χ3v) is 6.19. The normalized spacial score (nSPS) is 26.7. The summed E-state index contributed by atoms with van der Waals surface area (Å²) < 4.78 is 58.9. The monoisotopic (exact) mass is 350 g/mol. The van der Waals surface area contributed by atoms with Gasteiger partial charge in [-0.3, -0.25) is 0 Å². The van der Waals surface area contributed by atoms with E-state index in [1.807, 2.05) is 0 Å². The minimum atomic E-state index is -3.41. The van der Waals surface area contributed by atoms with Crippen LogP contribution in [0.1, 0.15) is 55.7 Å². The van der Waals surface area contributed by atoms with Crippen molar-refractivity contribution in [3.8, 4) is 0 Å². The fourth-order valence-electron chi connectivity index (χ4n) is 3.22. The Morgan fingerprint density at radius 1 is 1.26 bits per heavy atom. The molecule has 1 saturated carbocycles. The summed E-state index contributed by atoms with van der Waals surface area (Å²) in [5.74, 6) is -2.24. The smallest absolute Gasteiger partial charge is 0.279 e. The zero-order chi connectivity index (χ0) is 16.7. The van der Waals surface area contributed by atoms with Crippen LogP contribution in [-0.4, -0.2) is 48.9 Å². The standard InChI is InChI=1S/C13H20F2N4O3S/c1-16-23(20,21)19-6-3-9(4-7-19)12-17-11(18-22-12)10-2-5-13(14,15)8-10/h9-10,16H,2-8H2,1H3. The van der Waals surface area contributed by atoms with Gasteiger partial charge in [0.15, 0.2) is 5.82 Å². The van der Waals surface area contributed by atoms with E-state index in [2.05, 4.69) is 14.9 Å². The molecular weight excluding hydrogens is 330 g/mol. The van der Waals surface area contributed by atoms with E-state index in [1.165, 1.54) is 11.4 Å². The van der Waals surface area contributed by atoms with Crippen molar-refractivity contribution in [2.45, 2.75) is 49.9 Å². The molecule has 23 heavy (non-hydrogen) atoms. The van der Waals surface area contributed by atoms with Gasteiger partial charge in [-0.2, -0.15) is 17.7 Å². The number of hydrogen-bond donors (Lipinski definition) is 1. The van der Waals surface area contributed by atoms with Crippen LogP contribution >= 0.6 is 0 Å². The molecule has 3 rings (SSSR count). The summed E-state index contributed by atoms with van der Waals surface area (Å²) in [6.07, 6.45) is 1.14. The van der Waals surface area contributed by atoms with Crippen molar-refractivity contribution in [3.05, 3.63) is 11.7 Å². The van der Waals surface area contributed by atoms with Crippen LogP contribution < -0.4 is 4.72 Å². The quantitative estimate of drug-likeness (QED) is 0.891. The van der Waals surface area contributed by atoms with E-state index in [0.29, 0.717) is 44.1 Å². The van der Waals surface area contributed by atoms with Crippen LogP contribution in [0.4, 0.5) is 8.78 Å². The molecular formula is C13H20F2N4O3S. The Hall–Kier alpha value is -1.13. The Bertz CT molecular complexity index is 656. The molecule has 0 bridgehead atoms. The van der Waals surface area contributed by atoms with Gasteiger partial charge in [0.25, 0.3) is 10.2 Å². The van der Waals surface area contributed by atoms with Crippen molar-refractivity contribution >= 4 is 10.2 Å². The first-order valence-corrected chi connectivity index (χ1v) is 9.15. The second-order valence-electron chi connectivity index (χ2n) is 6.17. The van der Waals surface area contributed by atoms with E-state index in [0.717, 1.165) is 0 Å². The molecule has 1 aliphatic heterocycles. The number of nitrogens with zero attached hydrogens (tertiary/aromatic N) is 3. The van der Waals surface area contributed by atoms with E-state index in [4.69, 9.17) is 4.52 Å². The highest BCUT2D eigenvalue weighted by Gasteiger charge is 2.42. The van der Waals surface area contributed by atoms with Crippen LogP contribution in [0, 0.1) is 0 Å². The lowest BCUT2D eigenvalue weighted by molar-refractivity contribution is 0.00749. The lowest BCUT2D eigenvalue weighted by Crippen LogP contribution is -2.43. The van der Waals surface area contributed by atoms with Crippen LogP contribution in [0.5, 0.6) is 0 Å². The van der Waals surface area contributed by atoms with Crippen molar-refractivity contribution in [1.82, 2.24) is 19.2 Å². The predicted molar refractivity (Wildman–Crippen MR) is 77.4 cm³/mol. The molecule has 2 fully saturated rings. The fraction of sp³-hybridized carbons (Fsp3) is 0.846. The van der Waals surface area contributed by atoms with E-state index in [9.17, 15) is 17.2 Å². The lowest BCUT2D eigenvalue weighted by atomic mass is 9.98. The first-order valence-electron chi connectivity index (χ1n) is 7.71. The minimum absolute atomic E-state index is 0.0264. The first-order chi connectivity index (χ1) is 10.8. The molecule has 0 aromatic carbocycles. The molecule has 1 atom stereocenters. The number of halogens is 2. The van der Waals surface area contributed by atoms with Gasteiger partial charge in [0.2, 0.25) is 11.8 Å². The van der Waals surface area contributed by atoms with Crippen molar-refractivity contribution < 1.29 is 21.7 Å². The van der Waals surface area contributed by atoms with Crippen molar-refractivity contribution in [2.24, 2.45) is 0 Å². The second kappa shape index (κ2) is 6.06. The van der Waals surface area contributed by atoms with Crippen LogP contribution in [0.15, 0.2) is 4.52 Å². The molecule has 1 N–H and O–H groups in total. The largest absolute Gasteiger partial charge is 0.339 e.